The molecule has 4 aliphatic carbocycles. The number of piperidine rings is 1. The number of Topliss-reactive ketones (excluding diaryl/α,β-unsaturated/α-hetero) is 2. The molecule has 10 nitrogen and oxygen atoms in total. The van der Waals surface area contributed by atoms with E-state index in [-0.39, 0.29) is 53.8 Å². The summed E-state index contributed by atoms with van der Waals surface area (Å²) < 4.78 is 5.49. The van der Waals surface area contributed by atoms with Crippen LogP contribution in [0, 0.1) is 46.3 Å². The molecule has 10 atom stereocenters. The molecule has 0 aromatic heterocycles. The number of nitrogens with one attached hydrogen (secondary N) is 2. The summed E-state index contributed by atoms with van der Waals surface area (Å²) in [5, 5.41) is 53.7. The Balaban J connectivity index is 1.02. The number of ether oxygens (including phenoxy) is 1. The zero-order chi connectivity index (χ0) is 43.4. The lowest BCUT2D eigenvalue weighted by atomic mass is 9.58. The van der Waals surface area contributed by atoms with Crippen molar-refractivity contribution in [1.82, 2.24) is 10.6 Å². The second kappa shape index (κ2) is 19.1. The lowest BCUT2D eigenvalue weighted by Crippen LogP contribution is -2.53. The van der Waals surface area contributed by atoms with Crippen LogP contribution in [0.1, 0.15) is 119 Å². The van der Waals surface area contributed by atoms with Crippen molar-refractivity contribution in [3.63, 3.8) is 0 Å². The number of rotatable bonds is 12. The summed E-state index contributed by atoms with van der Waals surface area (Å²) in [6.45, 7) is 1.51. The predicted octanol–water partition coefficient (Wildman–Crippen LogP) is 6.61. The highest BCUT2D eigenvalue weighted by atomic mass is 16.5. The summed E-state index contributed by atoms with van der Waals surface area (Å²) in [7, 11) is 1.49. The highest BCUT2D eigenvalue weighted by molar-refractivity contribution is 5.89. The molecule has 8 rings (SSSR count). The van der Waals surface area contributed by atoms with E-state index < -0.39 is 29.6 Å². The summed E-state index contributed by atoms with van der Waals surface area (Å²) in [6, 6.07) is 13.6. The van der Waals surface area contributed by atoms with Crippen LogP contribution < -0.4 is 21.1 Å². The summed E-state index contributed by atoms with van der Waals surface area (Å²) in [5.41, 5.74) is 8.55. The van der Waals surface area contributed by atoms with Gasteiger partial charge in [0, 0.05) is 43.7 Å². The molecule has 0 bridgehead atoms. The van der Waals surface area contributed by atoms with Crippen LogP contribution in [-0.4, -0.2) is 76.5 Å². The number of benzene rings is 2. The maximum atomic E-state index is 14.5. The zero-order valence-corrected chi connectivity index (χ0v) is 36.4. The molecule has 62 heavy (non-hydrogen) atoms. The van der Waals surface area contributed by atoms with Gasteiger partial charge in [-0.3, -0.25) is 9.59 Å². The maximum Gasteiger partial charge on any atom is 0.160 e. The number of aliphatic hydroxyl groups is 3. The second-order valence-electron chi connectivity index (χ2n) is 19.5. The monoisotopic (exact) mass is 845 g/mol. The zero-order valence-electron chi connectivity index (χ0n) is 36.4. The minimum Gasteiger partial charge on any atom is -0.504 e. The Morgan fingerprint density at radius 3 is 2.58 bits per heavy atom. The highest BCUT2D eigenvalue weighted by Crippen LogP contribution is 2.55. The number of fused-ring (bicyclic) bond motifs is 2. The van der Waals surface area contributed by atoms with E-state index in [9.17, 15) is 30.0 Å². The number of carbonyl (C=O) groups is 2. The van der Waals surface area contributed by atoms with Gasteiger partial charge in [0.1, 0.15) is 11.2 Å². The molecule has 6 aliphatic rings. The number of allylic oxidation sites excluding steroid dienone is 3. The summed E-state index contributed by atoms with van der Waals surface area (Å²) in [5.74, 6) is 8.32. The first kappa shape index (κ1) is 44.2. The Labute approximate surface area is 367 Å². The van der Waals surface area contributed by atoms with Crippen LogP contribution in [0.15, 0.2) is 72.1 Å². The second-order valence-corrected chi connectivity index (χ2v) is 19.5. The first-order valence-electron chi connectivity index (χ1n) is 23.3. The van der Waals surface area contributed by atoms with Gasteiger partial charge in [-0.15, -0.1) is 0 Å². The van der Waals surface area contributed by atoms with Crippen LogP contribution in [0.2, 0.25) is 0 Å². The number of aliphatic hydroxyl groups excluding tert-OH is 3. The normalized spacial score (nSPS) is 31.2. The molecule has 8 N–H and O–H groups in total. The van der Waals surface area contributed by atoms with E-state index in [1.807, 2.05) is 54.6 Å². The quantitative estimate of drug-likeness (QED) is 0.115. The Morgan fingerprint density at radius 2 is 1.82 bits per heavy atom. The number of phenols is 1. The molecular formula is C52H67N3O7. The van der Waals surface area contributed by atoms with Gasteiger partial charge in [-0.05, 0) is 141 Å². The van der Waals surface area contributed by atoms with Gasteiger partial charge in [-0.2, -0.15) is 0 Å². The Kier molecular flexibility index (Phi) is 13.7. The van der Waals surface area contributed by atoms with Gasteiger partial charge in [0.05, 0.1) is 31.2 Å². The number of aryl methyl sites for hydroxylation is 1. The van der Waals surface area contributed by atoms with Gasteiger partial charge < -0.3 is 41.5 Å². The summed E-state index contributed by atoms with van der Waals surface area (Å²) >= 11 is 0. The van der Waals surface area contributed by atoms with Crippen LogP contribution in [0.5, 0.6) is 11.5 Å². The number of methoxy groups -OCH3 is 1. The number of aromatic hydroxyl groups is 1. The van der Waals surface area contributed by atoms with Crippen LogP contribution in [0.3, 0.4) is 0 Å². The Hall–Kier alpha value is -4.40. The van der Waals surface area contributed by atoms with Crippen molar-refractivity contribution in [2.45, 2.75) is 133 Å². The smallest absolute Gasteiger partial charge is 0.160 e. The van der Waals surface area contributed by atoms with Crippen LogP contribution in [-0.2, 0) is 16.0 Å². The number of hydrogen-bond acceptors (Lipinski definition) is 10. The lowest BCUT2D eigenvalue weighted by molar-refractivity contribution is -0.135. The van der Waals surface area contributed by atoms with Crippen LogP contribution in [0.4, 0.5) is 0 Å². The summed E-state index contributed by atoms with van der Waals surface area (Å²) in [6.07, 6.45) is 16.7. The third kappa shape index (κ3) is 9.57. The van der Waals surface area contributed by atoms with Crippen molar-refractivity contribution >= 4 is 17.6 Å². The maximum absolute atomic E-state index is 14.5. The third-order valence-corrected chi connectivity index (χ3v) is 15.8. The molecule has 4 fully saturated rings. The standard InChI is InChI=1S/C52H67N3O7/c1-62-47-27-37-12-14-48(60)52(20-15-34(23-49(52)61)31-51(18-5-6-19-51)40-24-39-11-13-41(56)29-43(39)55-32-40)21-16-38(42(37)30-46(47)59)26-45(58)44(57)25-35(36-17-22-54-50(53)28-36)10-9-33-7-3-2-4-8-33/h2-4,7-10,17,27-28,30,34-35,38-40,43-45,49,54-55,57-59,61H,5-6,11-15,18-20,22-26,29,31-32,53H2,1H3. The largest absolute Gasteiger partial charge is 0.504 e. The summed E-state index contributed by atoms with van der Waals surface area (Å²) in [4.78, 5) is 26.7. The van der Waals surface area contributed by atoms with E-state index in [1.165, 1.54) is 39.2 Å². The highest BCUT2D eigenvalue weighted by Gasteiger charge is 2.51. The van der Waals surface area contributed by atoms with Gasteiger partial charge in [0.2, 0.25) is 0 Å². The number of phenolic OH excluding ortho intramolecular Hbond substituents is 1. The molecule has 0 radical (unpaired) electrons. The fourth-order valence-corrected chi connectivity index (χ4v) is 12.2. The average Bonchev–Trinajstić information content (AvgIpc) is 3.76. The number of carbonyl (C=O) groups excluding carboxylic acids is 2. The number of ketones is 2. The van der Waals surface area contributed by atoms with E-state index in [1.54, 1.807) is 12.1 Å². The first-order valence-corrected chi connectivity index (χ1v) is 23.3. The molecule has 1 spiro atoms. The molecule has 10 unspecified atom stereocenters. The molecule has 3 saturated carbocycles. The SMILES string of the molecule is COc1cc2c(cc1O)C(CC(O)C(O)CC(C=Cc1ccccc1)C1=CCNC(N)=C1)C#CC1(CCC(CC3(C4CNC5CC(=O)CCC5C4)CCCC3)CC1O)C(=O)CC2. The molecule has 10 heteroatoms. The first-order chi connectivity index (χ1) is 29.9. The minimum absolute atomic E-state index is 0.0532. The fourth-order valence-electron chi connectivity index (χ4n) is 12.2. The van der Waals surface area contributed by atoms with Crippen molar-refractivity contribution in [2.75, 3.05) is 20.2 Å². The Morgan fingerprint density at radius 1 is 1.02 bits per heavy atom. The Bertz CT molecular complexity index is 2100. The molecule has 1 saturated heterocycles. The van der Waals surface area contributed by atoms with Gasteiger partial charge >= 0.3 is 0 Å². The van der Waals surface area contributed by atoms with E-state index in [4.69, 9.17) is 10.5 Å². The minimum atomic E-state index is -1.25. The molecule has 332 valence electrons. The van der Waals surface area contributed by atoms with Crippen LogP contribution >= 0.6 is 0 Å². The molecular weight excluding hydrogens is 779 g/mol. The molecule has 2 aromatic rings. The number of dihydropyridines is 1. The van der Waals surface area contributed by atoms with Gasteiger partial charge in [-0.1, -0.05) is 73.2 Å². The van der Waals surface area contributed by atoms with Crippen LogP contribution in [0.25, 0.3) is 6.08 Å². The lowest BCUT2D eigenvalue weighted by Gasteiger charge is -2.49. The van der Waals surface area contributed by atoms with Gasteiger partial charge in [0.15, 0.2) is 17.3 Å². The topological polar surface area (TPSA) is 174 Å². The fraction of sp³-hybridized carbons (Fsp3) is 0.577. The van der Waals surface area contributed by atoms with Crippen molar-refractivity contribution in [3.05, 3.63) is 88.8 Å². The third-order valence-electron chi connectivity index (χ3n) is 15.8. The van der Waals surface area contributed by atoms with Crippen molar-refractivity contribution in [1.29, 1.82) is 0 Å². The van der Waals surface area contributed by atoms with Crippen molar-refractivity contribution < 1.29 is 34.8 Å². The molecule has 2 aliphatic heterocycles. The van der Waals surface area contributed by atoms with E-state index >= 15 is 0 Å². The molecule has 2 heterocycles. The molecule has 0 amide bonds. The number of nitrogens with two attached hydrogens (primary N) is 1. The predicted molar refractivity (Wildman–Crippen MR) is 241 cm³/mol. The average molecular weight is 846 g/mol. The van der Waals surface area contributed by atoms with Gasteiger partial charge in [0.25, 0.3) is 0 Å². The molecule has 2 aromatic carbocycles. The van der Waals surface area contributed by atoms with Gasteiger partial charge in [-0.25, -0.2) is 0 Å². The number of hydrogen-bond donors (Lipinski definition) is 7. The van der Waals surface area contributed by atoms with E-state index in [0.29, 0.717) is 73.7 Å². The van der Waals surface area contributed by atoms with Crippen molar-refractivity contribution in [2.24, 2.45) is 40.2 Å². The van der Waals surface area contributed by atoms with E-state index in [0.717, 1.165) is 42.5 Å². The van der Waals surface area contributed by atoms with E-state index in [2.05, 4.69) is 22.5 Å². The van der Waals surface area contributed by atoms with Crippen molar-refractivity contribution in [3.8, 4) is 23.3 Å².